The number of hydrogen-bond acceptors (Lipinski definition) is 2. The van der Waals surface area contributed by atoms with Gasteiger partial charge in [-0.3, -0.25) is 0 Å². The van der Waals surface area contributed by atoms with Crippen LogP contribution in [0, 0.1) is 11.8 Å². The first-order valence-electron chi connectivity index (χ1n) is 7.61. The number of amides is 1. The minimum absolute atomic E-state index is 0.0987. The van der Waals surface area contributed by atoms with Gasteiger partial charge in [-0.1, -0.05) is 12.8 Å². The molecule has 4 atom stereocenters. The van der Waals surface area contributed by atoms with Crippen molar-refractivity contribution in [1.82, 2.24) is 5.32 Å². The van der Waals surface area contributed by atoms with Crippen molar-refractivity contribution < 1.29 is 14.0 Å². The number of alkyl carbamates (subject to hydrolysis) is 1. The third-order valence-electron chi connectivity index (χ3n) is 5.00. The fourth-order valence-corrected chi connectivity index (χ4v) is 4.11. The van der Waals surface area contributed by atoms with Crippen LogP contribution in [0.1, 0.15) is 38.5 Å². The van der Waals surface area contributed by atoms with Gasteiger partial charge in [0.25, 0.3) is 0 Å². The van der Waals surface area contributed by atoms with Crippen LogP contribution in [0.4, 0.5) is 4.79 Å². The maximum atomic E-state index is 11.5. The lowest BCUT2D eigenvalue weighted by Gasteiger charge is -2.49. The molecular formula is C15H29N2O2+. The summed E-state index contributed by atoms with van der Waals surface area (Å²) in [4.78, 5) is 11.5. The van der Waals surface area contributed by atoms with Gasteiger partial charge in [-0.05, 0) is 25.2 Å². The predicted molar refractivity (Wildman–Crippen MR) is 75.8 cm³/mol. The zero-order chi connectivity index (χ0) is 14.0. The van der Waals surface area contributed by atoms with Gasteiger partial charge in [0.05, 0.1) is 27.2 Å². The number of ether oxygens (including phenoxy) is 1. The number of nitrogens with one attached hydrogen (secondary N) is 1. The Morgan fingerprint density at radius 2 is 1.84 bits per heavy atom. The van der Waals surface area contributed by atoms with E-state index in [0.717, 1.165) is 29.2 Å². The summed E-state index contributed by atoms with van der Waals surface area (Å²) in [5.41, 5.74) is 0. The molecule has 1 N–H and O–H groups in total. The first-order valence-corrected chi connectivity index (χ1v) is 7.61. The molecule has 0 radical (unpaired) electrons. The van der Waals surface area contributed by atoms with Crippen LogP contribution < -0.4 is 5.32 Å². The number of fused-ring (bicyclic) bond motifs is 1. The van der Waals surface area contributed by atoms with Gasteiger partial charge in [0.1, 0.15) is 6.10 Å². The molecule has 0 aromatic carbocycles. The largest absolute Gasteiger partial charge is 0.446 e. The molecule has 2 fully saturated rings. The lowest BCUT2D eigenvalue weighted by Crippen LogP contribution is -2.56. The maximum Gasteiger partial charge on any atom is 0.407 e. The summed E-state index contributed by atoms with van der Waals surface area (Å²) in [6.45, 7) is 0. The van der Waals surface area contributed by atoms with Crippen molar-refractivity contribution >= 4 is 6.09 Å². The average molecular weight is 269 g/mol. The lowest BCUT2D eigenvalue weighted by atomic mass is 9.66. The van der Waals surface area contributed by atoms with Gasteiger partial charge < -0.3 is 14.5 Å². The molecule has 2 saturated carbocycles. The Morgan fingerprint density at radius 3 is 2.47 bits per heavy atom. The third-order valence-corrected chi connectivity index (χ3v) is 5.00. The molecule has 110 valence electrons. The SMILES string of the molecule is CNC(=O)O[C@H]1C[C@H]2CCCC[C@@H]2[C@H]([N+](C)(C)C)C1. The zero-order valence-corrected chi connectivity index (χ0v) is 12.8. The first-order chi connectivity index (χ1) is 8.91. The molecule has 4 heteroatoms. The Bertz CT molecular complexity index is 325. The fraction of sp³-hybridized carbons (Fsp3) is 0.933. The minimum Gasteiger partial charge on any atom is -0.446 e. The van der Waals surface area contributed by atoms with E-state index in [9.17, 15) is 4.79 Å². The molecule has 0 bridgehead atoms. The number of quaternary nitrogens is 1. The highest BCUT2D eigenvalue weighted by Crippen LogP contribution is 2.44. The van der Waals surface area contributed by atoms with Gasteiger partial charge in [0.15, 0.2) is 0 Å². The highest BCUT2D eigenvalue weighted by Gasteiger charge is 2.45. The van der Waals surface area contributed by atoms with Crippen LogP contribution in [0.25, 0.3) is 0 Å². The van der Waals surface area contributed by atoms with Crippen LogP contribution in [0.2, 0.25) is 0 Å². The summed E-state index contributed by atoms with van der Waals surface area (Å²) in [6.07, 6.45) is 7.29. The molecule has 0 saturated heterocycles. The Kier molecular flexibility index (Phi) is 4.39. The Balaban J connectivity index is 2.09. The van der Waals surface area contributed by atoms with Crippen molar-refractivity contribution in [3.63, 3.8) is 0 Å². The molecule has 0 spiro atoms. The molecule has 4 nitrogen and oxygen atoms in total. The molecule has 0 heterocycles. The normalized spacial score (nSPS) is 35.4. The minimum atomic E-state index is -0.278. The van der Waals surface area contributed by atoms with Crippen molar-refractivity contribution in [1.29, 1.82) is 0 Å². The molecule has 0 aliphatic heterocycles. The van der Waals surface area contributed by atoms with E-state index in [0.29, 0.717) is 6.04 Å². The molecule has 0 aromatic heterocycles. The van der Waals surface area contributed by atoms with E-state index >= 15 is 0 Å². The van der Waals surface area contributed by atoms with Gasteiger partial charge in [-0.15, -0.1) is 0 Å². The Hall–Kier alpha value is -0.770. The van der Waals surface area contributed by atoms with Crippen LogP contribution in [-0.2, 0) is 4.74 Å². The summed E-state index contributed by atoms with van der Waals surface area (Å²) in [6, 6.07) is 0.619. The van der Waals surface area contributed by atoms with Crippen molar-refractivity contribution in [3.8, 4) is 0 Å². The second-order valence-electron chi connectivity index (χ2n) is 7.14. The van der Waals surface area contributed by atoms with Crippen molar-refractivity contribution in [3.05, 3.63) is 0 Å². The highest BCUT2D eigenvalue weighted by atomic mass is 16.6. The monoisotopic (exact) mass is 269 g/mol. The van der Waals surface area contributed by atoms with Crippen LogP contribution in [0.3, 0.4) is 0 Å². The quantitative estimate of drug-likeness (QED) is 0.782. The number of hydrogen-bond donors (Lipinski definition) is 1. The molecule has 2 aliphatic rings. The van der Waals surface area contributed by atoms with Crippen molar-refractivity contribution in [2.75, 3.05) is 28.2 Å². The van der Waals surface area contributed by atoms with Crippen molar-refractivity contribution in [2.24, 2.45) is 11.8 Å². The summed E-state index contributed by atoms with van der Waals surface area (Å²) in [7, 11) is 8.46. The van der Waals surface area contributed by atoms with Crippen LogP contribution in [0.15, 0.2) is 0 Å². The van der Waals surface area contributed by atoms with Gasteiger partial charge in [-0.25, -0.2) is 4.79 Å². The molecule has 1 amide bonds. The second kappa shape index (κ2) is 5.70. The Morgan fingerprint density at radius 1 is 1.16 bits per heavy atom. The molecular weight excluding hydrogens is 240 g/mol. The van der Waals surface area contributed by atoms with E-state index in [1.165, 1.54) is 25.7 Å². The smallest absolute Gasteiger partial charge is 0.407 e. The Labute approximate surface area is 117 Å². The van der Waals surface area contributed by atoms with E-state index in [-0.39, 0.29) is 12.2 Å². The standard InChI is InChI=1S/C15H28N2O2/c1-16-15(18)19-12-9-11-7-5-6-8-13(11)14(10-12)17(2,3)4/h11-14H,5-10H2,1-4H3/p+1/t11-,12+,13+,14-/m1/s1. The molecule has 19 heavy (non-hydrogen) atoms. The van der Waals surface area contributed by atoms with Crippen LogP contribution in [-0.4, -0.2) is 50.9 Å². The molecule has 2 rings (SSSR count). The van der Waals surface area contributed by atoms with Crippen LogP contribution >= 0.6 is 0 Å². The number of rotatable bonds is 2. The summed E-state index contributed by atoms with van der Waals surface area (Å²) >= 11 is 0. The predicted octanol–water partition coefficient (Wildman–Crippen LogP) is 2.39. The average Bonchev–Trinajstić information content (AvgIpc) is 2.36. The molecule has 0 aromatic rings. The van der Waals surface area contributed by atoms with E-state index in [1.807, 2.05) is 0 Å². The van der Waals surface area contributed by atoms with Gasteiger partial charge in [0, 0.05) is 19.4 Å². The third kappa shape index (κ3) is 3.41. The van der Waals surface area contributed by atoms with E-state index in [2.05, 4.69) is 26.5 Å². The fourth-order valence-electron chi connectivity index (χ4n) is 4.11. The molecule has 2 aliphatic carbocycles. The number of carbonyl (C=O) groups is 1. The maximum absolute atomic E-state index is 11.5. The van der Waals surface area contributed by atoms with Crippen molar-refractivity contribution in [2.45, 2.75) is 50.7 Å². The van der Waals surface area contributed by atoms with Gasteiger partial charge in [-0.2, -0.15) is 0 Å². The van der Waals surface area contributed by atoms with E-state index in [4.69, 9.17) is 4.74 Å². The summed E-state index contributed by atoms with van der Waals surface area (Å²) in [5.74, 6) is 1.57. The lowest BCUT2D eigenvalue weighted by molar-refractivity contribution is -0.902. The van der Waals surface area contributed by atoms with Gasteiger partial charge in [0.2, 0.25) is 0 Å². The summed E-state index contributed by atoms with van der Waals surface area (Å²) < 4.78 is 6.54. The van der Waals surface area contributed by atoms with E-state index in [1.54, 1.807) is 7.05 Å². The summed E-state index contributed by atoms with van der Waals surface area (Å²) in [5, 5.41) is 2.57. The van der Waals surface area contributed by atoms with Gasteiger partial charge >= 0.3 is 6.09 Å². The van der Waals surface area contributed by atoms with Crippen LogP contribution in [0.5, 0.6) is 0 Å². The van der Waals surface area contributed by atoms with E-state index < -0.39 is 0 Å². The zero-order valence-electron chi connectivity index (χ0n) is 12.8. The first kappa shape index (κ1) is 14.6. The highest BCUT2D eigenvalue weighted by molar-refractivity contribution is 5.66. The topological polar surface area (TPSA) is 38.3 Å². The second-order valence-corrected chi connectivity index (χ2v) is 7.14. The number of nitrogens with zero attached hydrogens (tertiary/aromatic N) is 1. The molecule has 0 unspecified atom stereocenters. The number of carbonyl (C=O) groups excluding carboxylic acids is 1.